The summed E-state index contributed by atoms with van der Waals surface area (Å²) in [4.78, 5) is 22.9. The molecule has 0 aliphatic heterocycles. The van der Waals surface area contributed by atoms with Crippen LogP contribution >= 0.6 is 0 Å². The largest absolute Gasteiger partial charge is 0.488 e. The van der Waals surface area contributed by atoms with Crippen LogP contribution in [0, 0.1) is 0 Å². The molecular weight excluding hydrogens is 290 g/mol. The Morgan fingerprint density at radius 3 is 2.55 bits per heavy atom. The van der Waals surface area contributed by atoms with Crippen molar-refractivity contribution in [1.82, 2.24) is 15.1 Å². The van der Waals surface area contributed by atoms with Crippen molar-refractivity contribution >= 4 is 12.1 Å². The van der Waals surface area contributed by atoms with Gasteiger partial charge >= 0.3 is 12.1 Å². The van der Waals surface area contributed by atoms with Gasteiger partial charge in [0, 0.05) is 0 Å². The third kappa shape index (κ3) is 6.47. The van der Waals surface area contributed by atoms with Crippen LogP contribution in [-0.2, 0) is 16.1 Å². The lowest BCUT2D eigenvalue weighted by molar-refractivity contribution is -0.139. The van der Waals surface area contributed by atoms with Gasteiger partial charge in [-0.3, -0.25) is 4.68 Å². The van der Waals surface area contributed by atoms with Gasteiger partial charge in [0.1, 0.15) is 11.6 Å². The van der Waals surface area contributed by atoms with E-state index in [1.54, 1.807) is 27.0 Å². The maximum Gasteiger partial charge on any atom is 0.408 e. The molecule has 0 bridgehead atoms. The monoisotopic (exact) mass is 313 g/mol. The number of nitrogens with one attached hydrogen (secondary N) is 1. The van der Waals surface area contributed by atoms with Crippen molar-refractivity contribution in [3.8, 4) is 5.75 Å². The molecule has 1 heterocycles. The zero-order valence-electron chi connectivity index (χ0n) is 13.5. The summed E-state index contributed by atoms with van der Waals surface area (Å²) in [5.41, 5.74) is -0.697. The minimum absolute atomic E-state index is 0.00666. The molecule has 0 aromatic carbocycles. The van der Waals surface area contributed by atoms with E-state index in [9.17, 15) is 14.7 Å². The Kier molecular flexibility index (Phi) is 5.78. The molecule has 1 amide bonds. The second-order valence-electron chi connectivity index (χ2n) is 6.10. The summed E-state index contributed by atoms with van der Waals surface area (Å²) >= 11 is 0. The number of ether oxygens (including phenoxy) is 2. The number of aliphatic carboxylic acids is 1. The van der Waals surface area contributed by atoms with Crippen LogP contribution < -0.4 is 10.1 Å². The van der Waals surface area contributed by atoms with Gasteiger partial charge in [0.05, 0.1) is 25.0 Å². The Balaban J connectivity index is 2.66. The highest BCUT2D eigenvalue weighted by Crippen LogP contribution is 2.11. The topological polar surface area (TPSA) is 103 Å². The molecule has 22 heavy (non-hydrogen) atoms. The minimum Gasteiger partial charge on any atom is -0.488 e. The minimum atomic E-state index is -1.17. The maximum absolute atomic E-state index is 11.7. The zero-order valence-corrected chi connectivity index (χ0v) is 13.5. The number of carboxylic acids is 1. The first-order chi connectivity index (χ1) is 10.1. The summed E-state index contributed by atoms with van der Waals surface area (Å²) < 4.78 is 11.9. The molecule has 0 aliphatic carbocycles. The average molecular weight is 313 g/mol. The molecule has 124 valence electrons. The van der Waals surface area contributed by atoms with Crippen LogP contribution in [0.2, 0.25) is 0 Å². The smallest absolute Gasteiger partial charge is 0.408 e. The van der Waals surface area contributed by atoms with Crippen LogP contribution in [0.3, 0.4) is 0 Å². The molecular formula is C14H23N3O5. The fraction of sp³-hybridized carbons (Fsp3) is 0.643. The number of aromatic nitrogens is 2. The van der Waals surface area contributed by atoms with Gasteiger partial charge in [-0.25, -0.2) is 9.59 Å². The predicted octanol–water partition coefficient (Wildman–Crippen LogP) is 1.65. The number of amides is 1. The summed E-state index contributed by atoms with van der Waals surface area (Å²) in [6.45, 7) is 8.82. The van der Waals surface area contributed by atoms with E-state index < -0.39 is 23.7 Å². The first kappa shape index (κ1) is 17.8. The summed E-state index contributed by atoms with van der Waals surface area (Å²) in [5, 5.41) is 15.5. The van der Waals surface area contributed by atoms with Gasteiger partial charge in [0.25, 0.3) is 0 Å². The molecule has 0 saturated heterocycles. The molecule has 2 N–H and O–H groups in total. The van der Waals surface area contributed by atoms with E-state index in [4.69, 9.17) is 9.47 Å². The van der Waals surface area contributed by atoms with Gasteiger partial charge in [0.15, 0.2) is 5.75 Å². The van der Waals surface area contributed by atoms with Crippen molar-refractivity contribution in [2.45, 2.75) is 58.9 Å². The van der Waals surface area contributed by atoms with Crippen molar-refractivity contribution in [3.63, 3.8) is 0 Å². The molecule has 1 aromatic heterocycles. The number of alkyl carbamates (subject to hydrolysis) is 1. The van der Waals surface area contributed by atoms with Gasteiger partial charge < -0.3 is 19.9 Å². The summed E-state index contributed by atoms with van der Waals surface area (Å²) in [6.07, 6.45) is 2.28. The Morgan fingerprint density at radius 1 is 1.41 bits per heavy atom. The molecule has 8 heteroatoms. The highest BCUT2D eigenvalue weighted by molar-refractivity contribution is 5.79. The van der Waals surface area contributed by atoms with Crippen molar-refractivity contribution < 1.29 is 24.2 Å². The fourth-order valence-electron chi connectivity index (χ4n) is 1.60. The average Bonchev–Trinajstić information content (AvgIpc) is 2.71. The number of carbonyl (C=O) groups excluding carboxylic acids is 1. The van der Waals surface area contributed by atoms with Crippen LogP contribution in [0.4, 0.5) is 4.79 Å². The highest BCUT2D eigenvalue weighted by Gasteiger charge is 2.24. The van der Waals surface area contributed by atoms with Crippen LogP contribution in [0.25, 0.3) is 0 Å². The van der Waals surface area contributed by atoms with Crippen LogP contribution in [-0.4, -0.2) is 44.7 Å². The van der Waals surface area contributed by atoms with Crippen molar-refractivity contribution in [3.05, 3.63) is 12.4 Å². The van der Waals surface area contributed by atoms with E-state index in [2.05, 4.69) is 10.4 Å². The first-order valence-electron chi connectivity index (χ1n) is 6.98. The SMILES string of the molecule is CC(C)Oc1cnn(CC(NC(=O)OC(C)(C)C)C(=O)O)c1. The van der Waals surface area contributed by atoms with E-state index in [1.807, 2.05) is 13.8 Å². The standard InChI is InChI=1S/C14H23N3O5/c1-9(2)21-10-6-15-17(7-10)8-11(12(18)19)16-13(20)22-14(3,4)5/h6-7,9,11H,8H2,1-5H3,(H,16,20)(H,18,19). The van der Waals surface area contributed by atoms with E-state index in [-0.39, 0.29) is 12.6 Å². The van der Waals surface area contributed by atoms with Gasteiger partial charge in [-0.15, -0.1) is 0 Å². The normalized spacial score (nSPS) is 12.8. The molecule has 0 saturated carbocycles. The first-order valence-corrected chi connectivity index (χ1v) is 6.98. The van der Waals surface area contributed by atoms with Gasteiger partial charge in [-0.05, 0) is 34.6 Å². The number of hydrogen-bond acceptors (Lipinski definition) is 5. The van der Waals surface area contributed by atoms with E-state index in [0.29, 0.717) is 5.75 Å². The summed E-state index contributed by atoms with van der Waals surface area (Å²) in [7, 11) is 0. The molecule has 1 rings (SSSR count). The number of hydrogen-bond donors (Lipinski definition) is 2. The number of nitrogens with zero attached hydrogens (tertiary/aromatic N) is 2. The van der Waals surface area contributed by atoms with Crippen molar-refractivity contribution in [2.24, 2.45) is 0 Å². The van der Waals surface area contributed by atoms with E-state index >= 15 is 0 Å². The lowest BCUT2D eigenvalue weighted by atomic mass is 10.2. The Hall–Kier alpha value is -2.25. The second-order valence-corrected chi connectivity index (χ2v) is 6.10. The summed E-state index contributed by atoms with van der Waals surface area (Å²) in [5.74, 6) is -0.635. The number of rotatable bonds is 6. The maximum atomic E-state index is 11.7. The lowest BCUT2D eigenvalue weighted by Gasteiger charge is -2.21. The van der Waals surface area contributed by atoms with Gasteiger partial charge in [0.2, 0.25) is 0 Å². The van der Waals surface area contributed by atoms with E-state index in [1.165, 1.54) is 10.9 Å². The third-order valence-corrected chi connectivity index (χ3v) is 2.34. The zero-order chi connectivity index (χ0) is 16.9. The molecule has 0 spiro atoms. The van der Waals surface area contributed by atoms with Crippen molar-refractivity contribution in [1.29, 1.82) is 0 Å². The number of carbonyl (C=O) groups is 2. The quantitative estimate of drug-likeness (QED) is 0.827. The predicted molar refractivity (Wildman–Crippen MR) is 78.8 cm³/mol. The molecule has 0 fully saturated rings. The fourth-order valence-corrected chi connectivity index (χ4v) is 1.60. The molecule has 1 aromatic rings. The molecule has 1 unspecified atom stereocenters. The highest BCUT2D eigenvalue weighted by atomic mass is 16.6. The van der Waals surface area contributed by atoms with Gasteiger partial charge in [-0.2, -0.15) is 5.10 Å². The van der Waals surface area contributed by atoms with Crippen LogP contribution in [0.15, 0.2) is 12.4 Å². The Morgan fingerprint density at radius 2 is 2.05 bits per heavy atom. The Labute approximate surface area is 129 Å². The van der Waals surface area contributed by atoms with Crippen LogP contribution in [0.1, 0.15) is 34.6 Å². The molecule has 8 nitrogen and oxygen atoms in total. The lowest BCUT2D eigenvalue weighted by Crippen LogP contribution is -2.45. The van der Waals surface area contributed by atoms with E-state index in [0.717, 1.165) is 0 Å². The third-order valence-electron chi connectivity index (χ3n) is 2.34. The molecule has 1 atom stereocenters. The molecule has 0 radical (unpaired) electrons. The summed E-state index contributed by atoms with van der Waals surface area (Å²) in [6, 6.07) is -1.15. The second kappa shape index (κ2) is 7.15. The van der Waals surface area contributed by atoms with Crippen LogP contribution in [0.5, 0.6) is 5.75 Å². The number of carboxylic acid groups (broad SMARTS) is 1. The van der Waals surface area contributed by atoms with Crippen molar-refractivity contribution in [2.75, 3.05) is 0 Å². The van der Waals surface area contributed by atoms with Gasteiger partial charge in [-0.1, -0.05) is 0 Å². The Bertz CT molecular complexity index is 519. The molecule has 0 aliphatic rings.